The Morgan fingerprint density at radius 2 is 1.84 bits per heavy atom. The largest absolute Gasteiger partial charge is 0.322 e. The van der Waals surface area contributed by atoms with E-state index in [4.69, 9.17) is 0 Å². The van der Waals surface area contributed by atoms with Gasteiger partial charge in [-0.1, -0.05) is 18.2 Å². The summed E-state index contributed by atoms with van der Waals surface area (Å²) >= 11 is 0. The summed E-state index contributed by atoms with van der Waals surface area (Å²) in [6.07, 6.45) is 0.624. The fourth-order valence-electron chi connectivity index (χ4n) is 3.15. The van der Waals surface area contributed by atoms with Crippen molar-refractivity contribution in [3.05, 3.63) is 58.7 Å². The molecule has 0 bridgehead atoms. The van der Waals surface area contributed by atoms with E-state index in [9.17, 15) is 13.2 Å². The zero-order valence-corrected chi connectivity index (χ0v) is 15.5. The Kier molecular flexibility index (Phi) is 4.56. The molecule has 0 unspecified atom stereocenters. The van der Waals surface area contributed by atoms with Crippen LogP contribution in [-0.4, -0.2) is 26.6 Å². The number of benzene rings is 2. The number of aryl methyl sites for hydroxylation is 2. The van der Waals surface area contributed by atoms with Crippen LogP contribution in [-0.2, 0) is 16.4 Å². The van der Waals surface area contributed by atoms with Crippen LogP contribution in [0.4, 0.5) is 11.4 Å². The number of para-hydroxylation sites is 1. The lowest BCUT2D eigenvalue weighted by molar-refractivity contribution is 0.102. The molecule has 132 valence electrons. The lowest BCUT2D eigenvalue weighted by Gasteiger charge is -2.18. The molecule has 1 amide bonds. The van der Waals surface area contributed by atoms with Crippen LogP contribution in [0.25, 0.3) is 0 Å². The SMILES string of the molecule is CCS(=O)(=O)N1CCc2cc(C(=O)Nc3c(C)cccc3C)ccc21. The molecule has 1 aliphatic heterocycles. The van der Waals surface area contributed by atoms with Gasteiger partial charge in [-0.25, -0.2) is 8.42 Å². The Bertz CT molecular complexity index is 915. The first kappa shape index (κ1) is 17.5. The van der Waals surface area contributed by atoms with Gasteiger partial charge in [-0.3, -0.25) is 9.10 Å². The number of nitrogens with one attached hydrogen (secondary N) is 1. The molecule has 0 spiro atoms. The standard InChI is InChI=1S/C19H22N2O3S/c1-4-25(23,24)21-11-10-15-12-16(8-9-17(15)21)19(22)20-18-13(2)6-5-7-14(18)3/h5-9,12H,4,10-11H2,1-3H3,(H,20,22). The molecule has 6 heteroatoms. The molecule has 5 nitrogen and oxygen atoms in total. The minimum Gasteiger partial charge on any atom is -0.322 e. The van der Waals surface area contributed by atoms with Crippen LogP contribution in [0.2, 0.25) is 0 Å². The summed E-state index contributed by atoms with van der Waals surface area (Å²) in [6.45, 7) is 5.99. The molecule has 0 radical (unpaired) electrons. The fourth-order valence-corrected chi connectivity index (χ4v) is 4.31. The Morgan fingerprint density at radius 3 is 2.48 bits per heavy atom. The predicted molar refractivity (Wildman–Crippen MR) is 101 cm³/mol. The van der Waals surface area contributed by atoms with E-state index in [1.807, 2.05) is 32.0 Å². The zero-order valence-electron chi connectivity index (χ0n) is 14.7. The third-order valence-electron chi connectivity index (χ3n) is 4.61. The van der Waals surface area contributed by atoms with E-state index in [-0.39, 0.29) is 11.7 Å². The van der Waals surface area contributed by atoms with Crippen molar-refractivity contribution in [1.29, 1.82) is 0 Å². The Labute approximate surface area is 148 Å². The smallest absolute Gasteiger partial charge is 0.255 e. The summed E-state index contributed by atoms with van der Waals surface area (Å²) in [5.41, 5.74) is 4.96. The van der Waals surface area contributed by atoms with Crippen LogP contribution in [0.5, 0.6) is 0 Å². The first-order valence-electron chi connectivity index (χ1n) is 8.34. The number of anilines is 2. The highest BCUT2D eigenvalue weighted by atomic mass is 32.2. The van der Waals surface area contributed by atoms with Gasteiger partial charge in [-0.15, -0.1) is 0 Å². The van der Waals surface area contributed by atoms with Gasteiger partial charge < -0.3 is 5.32 Å². The maximum Gasteiger partial charge on any atom is 0.255 e. The van der Waals surface area contributed by atoms with Crippen molar-refractivity contribution in [1.82, 2.24) is 0 Å². The molecular weight excluding hydrogens is 336 g/mol. The molecule has 0 aliphatic carbocycles. The normalized spacial score (nSPS) is 13.6. The second kappa shape index (κ2) is 6.52. The number of carbonyl (C=O) groups is 1. The van der Waals surface area contributed by atoms with Gasteiger partial charge in [0.15, 0.2) is 0 Å². The molecule has 0 atom stereocenters. The van der Waals surface area contributed by atoms with Crippen LogP contribution < -0.4 is 9.62 Å². The van der Waals surface area contributed by atoms with Gasteiger partial charge in [0.2, 0.25) is 10.0 Å². The maximum atomic E-state index is 12.6. The number of hydrogen-bond acceptors (Lipinski definition) is 3. The quantitative estimate of drug-likeness (QED) is 0.912. The van der Waals surface area contributed by atoms with Crippen molar-refractivity contribution in [2.45, 2.75) is 27.2 Å². The summed E-state index contributed by atoms with van der Waals surface area (Å²) in [7, 11) is -3.27. The highest BCUT2D eigenvalue weighted by molar-refractivity contribution is 7.92. The molecule has 2 aromatic rings. The lowest BCUT2D eigenvalue weighted by Crippen LogP contribution is -2.30. The molecule has 0 saturated heterocycles. The number of sulfonamides is 1. The highest BCUT2D eigenvalue weighted by Gasteiger charge is 2.28. The van der Waals surface area contributed by atoms with Crippen molar-refractivity contribution in [2.24, 2.45) is 0 Å². The Balaban J connectivity index is 1.87. The van der Waals surface area contributed by atoms with Gasteiger partial charge in [0.1, 0.15) is 0 Å². The zero-order chi connectivity index (χ0) is 18.2. The molecule has 3 rings (SSSR count). The molecule has 1 aliphatic rings. The lowest BCUT2D eigenvalue weighted by atomic mass is 10.1. The van der Waals surface area contributed by atoms with E-state index < -0.39 is 10.0 Å². The fraction of sp³-hybridized carbons (Fsp3) is 0.316. The maximum absolute atomic E-state index is 12.6. The topological polar surface area (TPSA) is 66.5 Å². The summed E-state index contributed by atoms with van der Waals surface area (Å²) < 4.78 is 25.7. The van der Waals surface area contributed by atoms with Crippen LogP contribution in [0.15, 0.2) is 36.4 Å². The van der Waals surface area contributed by atoms with Crippen molar-refractivity contribution < 1.29 is 13.2 Å². The summed E-state index contributed by atoms with van der Waals surface area (Å²) in [5.74, 6) is -0.113. The third-order valence-corrected chi connectivity index (χ3v) is 6.40. The van der Waals surface area contributed by atoms with E-state index in [0.717, 1.165) is 22.4 Å². The Morgan fingerprint density at radius 1 is 1.16 bits per heavy atom. The van der Waals surface area contributed by atoms with Crippen molar-refractivity contribution >= 4 is 27.3 Å². The minimum absolute atomic E-state index is 0.0707. The summed E-state index contributed by atoms with van der Waals surface area (Å²) in [5, 5.41) is 2.97. The monoisotopic (exact) mass is 358 g/mol. The third kappa shape index (κ3) is 3.26. The molecule has 1 N–H and O–H groups in total. The number of nitrogens with zero attached hydrogens (tertiary/aromatic N) is 1. The second-order valence-corrected chi connectivity index (χ2v) is 8.47. The summed E-state index contributed by atoms with van der Waals surface area (Å²) in [6, 6.07) is 11.1. The average molecular weight is 358 g/mol. The predicted octanol–water partition coefficient (Wildman–Crippen LogP) is 3.27. The molecule has 0 aromatic heterocycles. The van der Waals surface area contributed by atoms with Crippen LogP contribution in [0.3, 0.4) is 0 Å². The van der Waals surface area contributed by atoms with Gasteiger partial charge >= 0.3 is 0 Å². The number of fused-ring (bicyclic) bond motifs is 1. The van der Waals surface area contributed by atoms with E-state index in [2.05, 4.69) is 5.32 Å². The van der Waals surface area contributed by atoms with Gasteiger partial charge in [0.05, 0.1) is 11.4 Å². The molecule has 0 saturated carbocycles. The molecule has 2 aromatic carbocycles. The molecular formula is C19H22N2O3S. The summed E-state index contributed by atoms with van der Waals surface area (Å²) in [4.78, 5) is 12.6. The number of rotatable bonds is 4. The van der Waals surface area contributed by atoms with Crippen molar-refractivity contribution in [3.8, 4) is 0 Å². The van der Waals surface area contributed by atoms with Crippen LogP contribution >= 0.6 is 0 Å². The van der Waals surface area contributed by atoms with Gasteiger partial charge in [0, 0.05) is 17.8 Å². The van der Waals surface area contributed by atoms with Gasteiger partial charge in [-0.2, -0.15) is 0 Å². The highest BCUT2D eigenvalue weighted by Crippen LogP contribution is 2.31. The van der Waals surface area contributed by atoms with E-state index in [1.54, 1.807) is 25.1 Å². The second-order valence-electron chi connectivity index (χ2n) is 6.29. The first-order valence-corrected chi connectivity index (χ1v) is 9.95. The van der Waals surface area contributed by atoms with Gasteiger partial charge in [0.25, 0.3) is 5.91 Å². The van der Waals surface area contributed by atoms with E-state index in [0.29, 0.717) is 24.2 Å². The van der Waals surface area contributed by atoms with Crippen molar-refractivity contribution in [3.63, 3.8) is 0 Å². The average Bonchev–Trinajstić information content (AvgIpc) is 3.02. The Hall–Kier alpha value is -2.34. The van der Waals surface area contributed by atoms with Crippen LogP contribution in [0, 0.1) is 13.8 Å². The number of carbonyl (C=O) groups excluding carboxylic acids is 1. The van der Waals surface area contributed by atoms with Crippen LogP contribution in [0.1, 0.15) is 34.0 Å². The van der Waals surface area contributed by atoms with E-state index >= 15 is 0 Å². The van der Waals surface area contributed by atoms with Crippen molar-refractivity contribution in [2.75, 3.05) is 21.9 Å². The molecule has 0 fully saturated rings. The minimum atomic E-state index is -3.27. The molecule has 1 heterocycles. The molecule has 25 heavy (non-hydrogen) atoms. The van der Waals surface area contributed by atoms with Gasteiger partial charge in [-0.05, 0) is 62.1 Å². The first-order chi connectivity index (χ1) is 11.8. The number of hydrogen-bond donors (Lipinski definition) is 1. The van der Waals surface area contributed by atoms with E-state index in [1.165, 1.54) is 4.31 Å². The number of amides is 1.